The van der Waals surface area contributed by atoms with Crippen LogP contribution in [0.3, 0.4) is 0 Å². The van der Waals surface area contributed by atoms with Gasteiger partial charge in [-0.05, 0) is 12.8 Å². The first-order chi connectivity index (χ1) is 4.97. The van der Waals surface area contributed by atoms with Crippen LogP contribution in [0.25, 0.3) is 0 Å². The normalized spacial score (nSPS) is 30.0. The summed E-state index contributed by atoms with van der Waals surface area (Å²) in [5.41, 5.74) is 0. The highest BCUT2D eigenvalue weighted by atomic mass is 16.5. The molecule has 2 heterocycles. The fraction of sp³-hybridized carbons (Fsp3) is 1.00. The van der Waals surface area contributed by atoms with Crippen molar-refractivity contribution >= 4 is 0 Å². The lowest BCUT2D eigenvalue weighted by Gasteiger charge is -2.38. The average molecular weight is 143 g/mol. The smallest absolute Gasteiger partial charge is 0.101 e. The van der Waals surface area contributed by atoms with Gasteiger partial charge in [0, 0.05) is 19.3 Å². The van der Waals surface area contributed by atoms with Crippen molar-refractivity contribution in [2.75, 3.05) is 26.7 Å². The first-order valence-corrected chi connectivity index (χ1v) is 3.86. The van der Waals surface area contributed by atoms with Crippen LogP contribution in [0.15, 0.2) is 0 Å². The van der Waals surface area contributed by atoms with Gasteiger partial charge < -0.3 is 9.47 Å². The lowest BCUT2D eigenvalue weighted by molar-refractivity contribution is -0.135. The first kappa shape index (κ1) is 6.58. The van der Waals surface area contributed by atoms with Gasteiger partial charge in [-0.25, -0.2) is 0 Å². The molecule has 2 rings (SSSR count). The van der Waals surface area contributed by atoms with E-state index < -0.39 is 0 Å². The zero-order valence-corrected chi connectivity index (χ0v) is 6.08. The van der Waals surface area contributed by atoms with E-state index in [-0.39, 0.29) is 0 Å². The molecule has 2 saturated heterocycles. The lowest BCUT2D eigenvalue weighted by atomic mass is 10.1. The second-order valence-electron chi connectivity index (χ2n) is 2.89. The van der Waals surface area contributed by atoms with Crippen LogP contribution >= 0.6 is 0 Å². The van der Waals surface area contributed by atoms with E-state index in [1.54, 1.807) is 0 Å². The van der Waals surface area contributed by atoms with E-state index in [0.717, 1.165) is 32.7 Å². The van der Waals surface area contributed by atoms with Crippen LogP contribution in [0, 0.1) is 0 Å². The van der Waals surface area contributed by atoms with Crippen molar-refractivity contribution in [3.05, 3.63) is 0 Å². The number of ether oxygens (including phenoxy) is 2. The molecule has 0 aliphatic carbocycles. The summed E-state index contributed by atoms with van der Waals surface area (Å²) in [6, 6.07) is 0.738. The minimum atomic E-state index is 0.738. The summed E-state index contributed by atoms with van der Waals surface area (Å²) in [7, 11) is 0. The van der Waals surface area contributed by atoms with Crippen LogP contribution in [0.5, 0.6) is 0 Å². The number of hydrogen-bond acceptors (Lipinski definition) is 3. The Morgan fingerprint density at radius 2 is 1.60 bits per heavy atom. The van der Waals surface area contributed by atoms with Crippen molar-refractivity contribution in [1.82, 2.24) is 4.90 Å². The fourth-order valence-electron chi connectivity index (χ4n) is 1.56. The van der Waals surface area contributed by atoms with Crippen molar-refractivity contribution in [2.45, 2.75) is 18.9 Å². The quantitative estimate of drug-likeness (QED) is 0.490. The van der Waals surface area contributed by atoms with E-state index in [0.29, 0.717) is 0 Å². The maximum absolute atomic E-state index is 5.28. The Bertz CT molecular complexity index is 92.2. The van der Waals surface area contributed by atoms with Gasteiger partial charge in [0.2, 0.25) is 0 Å². The standard InChI is InChI=1S/C7H13NO2/c1-3-9-5-8-6-10-4-2-7(1)8/h7H,1-6H2. The summed E-state index contributed by atoms with van der Waals surface area (Å²) >= 11 is 0. The third kappa shape index (κ3) is 1.17. The molecule has 0 aromatic carbocycles. The summed E-state index contributed by atoms with van der Waals surface area (Å²) in [5.74, 6) is 0. The summed E-state index contributed by atoms with van der Waals surface area (Å²) in [6.07, 6.45) is 2.37. The van der Waals surface area contributed by atoms with Gasteiger partial charge in [-0.1, -0.05) is 0 Å². The minimum absolute atomic E-state index is 0.738. The molecule has 0 aromatic heterocycles. The third-order valence-corrected chi connectivity index (χ3v) is 2.22. The third-order valence-electron chi connectivity index (χ3n) is 2.22. The molecule has 0 aromatic rings. The van der Waals surface area contributed by atoms with Gasteiger partial charge >= 0.3 is 0 Å². The molecule has 10 heavy (non-hydrogen) atoms. The van der Waals surface area contributed by atoms with Crippen molar-refractivity contribution < 1.29 is 9.47 Å². The van der Waals surface area contributed by atoms with Crippen molar-refractivity contribution in [2.24, 2.45) is 0 Å². The van der Waals surface area contributed by atoms with E-state index in [1.165, 1.54) is 12.8 Å². The highest BCUT2D eigenvalue weighted by Gasteiger charge is 2.25. The molecule has 0 unspecified atom stereocenters. The average Bonchev–Trinajstić information content (AvgIpc) is 2.05. The Morgan fingerprint density at radius 3 is 2.10 bits per heavy atom. The molecule has 3 heteroatoms. The molecule has 2 aliphatic heterocycles. The Kier molecular flexibility index (Phi) is 1.88. The van der Waals surface area contributed by atoms with Gasteiger partial charge in [-0.2, -0.15) is 0 Å². The molecule has 0 atom stereocenters. The lowest BCUT2D eigenvalue weighted by Crippen LogP contribution is -2.47. The molecule has 0 radical (unpaired) electrons. The zero-order valence-electron chi connectivity index (χ0n) is 6.08. The Balaban J connectivity index is 1.93. The van der Waals surface area contributed by atoms with Crippen LogP contribution < -0.4 is 0 Å². The summed E-state index contributed by atoms with van der Waals surface area (Å²) in [4.78, 5) is 2.26. The number of nitrogens with zero attached hydrogens (tertiary/aromatic N) is 1. The Morgan fingerprint density at radius 1 is 1.00 bits per heavy atom. The maximum atomic E-state index is 5.28. The van der Waals surface area contributed by atoms with E-state index in [4.69, 9.17) is 9.47 Å². The van der Waals surface area contributed by atoms with E-state index >= 15 is 0 Å². The van der Waals surface area contributed by atoms with Crippen LogP contribution in [0.1, 0.15) is 12.8 Å². The molecule has 0 saturated carbocycles. The summed E-state index contributed by atoms with van der Waals surface area (Å²) in [6.45, 7) is 3.40. The fourth-order valence-corrected chi connectivity index (χ4v) is 1.56. The second-order valence-corrected chi connectivity index (χ2v) is 2.89. The van der Waals surface area contributed by atoms with E-state index in [9.17, 15) is 0 Å². The number of fused-ring (bicyclic) bond motifs is 1. The maximum Gasteiger partial charge on any atom is 0.101 e. The molecule has 0 amide bonds. The highest BCUT2D eigenvalue weighted by molar-refractivity contribution is 4.73. The molecule has 58 valence electrons. The highest BCUT2D eigenvalue weighted by Crippen LogP contribution is 2.17. The molecular formula is C7H13NO2. The zero-order chi connectivity index (χ0) is 6.81. The van der Waals surface area contributed by atoms with Crippen LogP contribution in [0.2, 0.25) is 0 Å². The van der Waals surface area contributed by atoms with Crippen molar-refractivity contribution in [3.63, 3.8) is 0 Å². The molecule has 0 spiro atoms. The van der Waals surface area contributed by atoms with E-state index in [2.05, 4.69) is 4.90 Å². The van der Waals surface area contributed by atoms with Gasteiger partial charge in [0.15, 0.2) is 0 Å². The Labute approximate surface area is 60.9 Å². The first-order valence-electron chi connectivity index (χ1n) is 3.86. The number of rotatable bonds is 0. The summed E-state index contributed by atoms with van der Waals surface area (Å²) < 4.78 is 10.6. The topological polar surface area (TPSA) is 21.7 Å². The predicted molar refractivity (Wildman–Crippen MR) is 36.5 cm³/mol. The Hall–Kier alpha value is -0.120. The second kappa shape index (κ2) is 2.86. The van der Waals surface area contributed by atoms with E-state index in [1.807, 2.05) is 0 Å². The summed E-state index contributed by atoms with van der Waals surface area (Å²) in [5, 5.41) is 0. The van der Waals surface area contributed by atoms with Crippen LogP contribution in [-0.2, 0) is 9.47 Å². The van der Waals surface area contributed by atoms with Gasteiger partial charge in [-0.3, -0.25) is 4.90 Å². The SMILES string of the molecule is C1CC2CCOCN2CO1. The molecule has 3 nitrogen and oxygen atoms in total. The molecular weight excluding hydrogens is 130 g/mol. The number of hydrogen-bond donors (Lipinski definition) is 0. The van der Waals surface area contributed by atoms with Gasteiger partial charge in [0.25, 0.3) is 0 Å². The predicted octanol–water partition coefficient (Wildman–Crippen LogP) is 0.413. The monoisotopic (exact) mass is 143 g/mol. The van der Waals surface area contributed by atoms with Gasteiger partial charge in [0.05, 0.1) is 0 Å². The van der Waals surface area contributed by atoms with Crippen molar-refractivity contribution in [1.29, 1.82) is 0 Å². The largest absolute Gasteiger partial charge is 0.366 e. The van der Waals surface area contributed by atoms with Crippen LogP contribution in [-0.4, -0.2) is 37.6 Å². The minimum Gasteiger partial charge on any atom is -0.366 e. The molecule has 0 N–H and O–H groups in total. The van der Waals surface area contributed by atoms with Crippen LogP contribution in [0.4, 0.5) is 0 Å². The molecule has 2 aliphatic rings. The van der Waals surface area contributed by atoms with Crippen molar-refractivity contribution in [3.8, 4) is 0 Å². The van der Waals surface area contributed by atoms with Gasteiger partial charge in [-0.15, -0.1) is 0 Å². The molecule has 0 bridgehead atoms. The molecule has 2 fully saturated rings. The van der Waals surface area contributed by atoms with Gasteiger partial charge in [0.1, 0.15) is 13.5 Å².